The molecule has 4 heteroatoms. The highest BCUT2D eigenvalue weighted by atomic mass is 16.6. The van der Waals surface area contributed by atoms with Gasteiger partial charge in [0.2, 0.25) is 0 Å². The molecule has 1 aliphatic heterocycles. The van der Waals surface area contributed by atoms with Gasteiger partial charge in [0.15, 0.2) is 0 Å². The van der Waals surface area contributed by atoms with Crippen LogP contribution in [0.3, 0.4) is 0 Å². The van der Waals surface area contributed by atoms with Crippen LogP contribution in [0.1, 0.15) is 20.8 Å². The normalized spacial score (nSPS) is 41.8. The number of methoxy groups -OCH3 is 2. The summed E-state index contributed by atoms with van der Waals surface area (Å²) in [5.41, 5.74) is 0. The Kier molecular flexibility index (Phi) is 4.99. The molecule has 0 unspecified atom stereocenters. The topological polar surface area (TPSA) is 36.9 Å². The summed E-state index contributed by atoms with van der Waals surface area (Å²) in [5.74, 6) is 0. The van der Waals surface area contributed by atoms with E-state index in [0.717, 1.165) is 0 Å². The molecule has 1 aliphatic rings. The molecule has 1 heterocycles. The van der Waals surface area contributed by atoms with E-state index in [-0.39, 0.29) is 30.5 Å². The Hall–Kier alpha value is -0.160. The molecule has 0 bridgehead atoms. The van der Waals surface area contributed by atoms with E-state index in [2.05, 4.69) is 0 Å². The lowest BCUT2D eigenvalue weighted by Gasteiger charge is -2.43. The molecule has 1 rings (SSSR count). The van der Waals surface area contributed by atoms with Gasteiger partial charge in [-0.1, -0.05) is 0 Å². The summed E-state index contributed by atoms with van der Waals surface area (Å²) in [6.45, 7) is 6.63. The van der Waals surface area contributed by atoms with Gasteiger partial charge in [0.05, 0.1) is 12.2 Å². The van der Waals surface area contributed by atoms with Crippen LogP contribution in [0.15, 0.2) is 0 Å². The summed E-state index contributed by atoms with van der Waals surface area (Å²) >= 11 is 0. The van der Waals surface area contributed by atoms with Gasteiger partial charge in [-0.05, 0) is 20.8 Å². The van der Waals surface area contributed by atoms with Crippen molar-refractivity contribution < 1.29 is 18.9 Å². The van der Waals surface area contributed by atoms with Crippen molar-refractivity contribution in [3.8, 4) is 0 Å². The Morgan fingerprint density at radius 2 is 1.47 bits per heavy atom. The molecule has 0 spiro atoms. The highest BCUT2D eigenvalue weighted by Gasteiger charge is 2.43. The van der Waals surface area contributed by atoms with E-state index < -0.39 is 0 Å². The molecule has 1 fully saturated rings. The molecule has 0 N–H and O–H groups in total. The van der Waals surface area contributed by atoms with Crippen molar-refractivity contribution >= 4 is 0 Å². The number of ether oxygens (including phenoxy) is 4. The van der Waals surface area contributed by atoms with Gasteiger partial charge in [-0.2, -0.15) is 0 Å². The van der Waals surface area contributed by atoms with Crippen molar-refractivity contribution in [1.82, 2.24) is 0 Å². The number of hydrogen-bond acceptors (Lipinski definition) is 4. The smallest absolute Gasteiger partial charge is 0.114 e. The van der Waals surface area contributed by atoms with E-state index in [1.807, 2.05) is 20.8 Å². The van der Waals surface area contributed by atoms with Crippen LogP contribution >= 0.6 is 0 Å². The standard InChI is InChI=1S/C11H22O4/c1-6-14-10-8(3)15-7(2)9(12-4)11(10)13-5/h7-11H,6H2,1-5H3/t7-,8-,9-,10-,11+/m0/s1. The zero-order chi connectivity index (χ0) is 11.4. The second kappa shape index (κ2) is 5.80. The molecule has 5 atom stereocenters. The van der Waals surface area contributed by atoms with Gasteiger partial charge < -0.3 is 18.9 Å². The summed E-state index contributed by atoms with van der Waals surface area (Å²) in [7, 11) is 3.36. The fourth-order valence-electron chi connectivity index (χ4n) is 2.23. The molecule has 0 aromatic rings. The van der Waals surface area contributed by atoms with Crippen LogP contribution in [0.5, 0.6) is 0 Å². The van der Waals surface area contributed by atoms with Crippen molar-refractivity contribution in [3.63, 3.8) is 0 Å². The summed E-state index contributed by atoms with van der Waals surface area (Å²) in [4.78, 5) is 0. The van der Waals surface area contributed by atoms with Crippen molar-refractivity contribution in [2.75, 3.05) is 20.8 Å². The first-order valence-electron chi connectivity index (χ1n) is 5.48. The molecule has 0 saturated carbocycles. The zero-order valence-corrected chi connectivity index (χ0v) is 10.2. The third-order valence-electron chi connectivity index (χ3n) is 2.91. The Labute approximate surface area is 91.8 Å². The maximum absolute atomic E-state index is 5.76. The van der Waals surface area contributed by atoms with Gasteiger partial charge in [0.1, 0.15) is 18.3 Å². The third-order valence-corrected chi connectivity index (χ3v) is 2.91. The maximum Gasteiger partial charge on any atom is 0.114 e. The molecular formula is C11H22O4. The van der Waals surface area contributed by atoms with Crippen molar-refractivity contribution in [2.24, 2.45) is 0 Å². The monoisotopic (exact) mass is 218 g/mol. The van der Waals surface area contributed by atoms with Crippen LogP contribution in [0.2, 0.25) is 0 Å². The Balaban J connectivity index is 2.75. The highest BCUT2D eigenvalue weighted by molar-refractivity contribution is 4.91. The SMILES string of the molecule is CCO[C@@H]1[C@H](OC)[C@@H](OC)[C@H](C)O[C@H]1C. The Morgan fingerprint density at radius 3 is 1.93 bits per heavy atom. The van der Waals surface area contributed by atoms with Crippen LogP contribution in [0.25, 0.3) is 0 Å². The molecule has 90 valence electrons. The van der Waals surface area contributed by atoms with Crippen LogP contribution < -0.4 is 0 Å². The fraction of sp³-hybridized carbons (Fsp3) is 1.00. The average molecular weight is 218 g/mol. The van der Waals surface area contributed by atoms with Crippen LogP contribution in [0.4, 0.5) is 0 Å². The summed E-state index contributed by atoms with van der Waals surface area (Å²) in [6.07, 6.45) is -0.111. The second-order valence-electron chi connectivity index (χ2n) is 3.87. The van der Waals surface area contributed by atoms with E-state index in [4.69, 9.17) is 18.9 Å². The van der Waals surface area contributed by atoms with E-state index in [1.165, 1.54) is 0 Å². The molecule has 0 aromatic carbocycles. The van der Waals surface area contributed by atoms with E-state index in [0.29, 0.717) is 6.61 Å². The maximum atomic E-state index is 5.76. The van der Waals surface area contributed by atoms with Gasteiger partial charge in [0.25, 0.3) is 0 Å². The molecule has 4 nitrogen and oxygen atoms in total. The second-order valence-corrected chi connectivity index (χ2v) is 3.87. The quantitative estimate of drug-likeness (QED) is 0.711. The van der Waals surface area contributed by atoms with Crippen LogP contribution in [0, 0.1) is 0 Å². The number of rotatable bonds is 4. The lowest BCUT2D eigenvalue weighted by molar-refractivity contribution is -0.238. The fourth-order valence-corrected chi connectivity index (χ4v) is 2.23. The van der Waals surface area contributed by atoms with Gasteiger partial charge in [-0.3, -0.25) is 0 Å². The molecule has 1 saturated heterocycles. The molecule has 0 aliphatic carbocycles. The third kappa shape index (κ3) is 2.69. The first-order valence-corrected chi connectivity index (χ1v) is 5.48. The van der Waals surface area contributed by atoms with Gasteiger partial charge >= 0.3 is 0 Å². The lowest BCUT2D eigenvalue weighted by atomic mass is 9.96. The summed E-state index contributed by atoms with van der Waals surface area (Å²) in [5, 5.41) is 0. The van der Waals surface area contributed by atoms with Crippen LogP contribution in [-0.2, 0) is 18.9 Å². The minimum atomic E-state index is -0.0669. The molecule has 0 radical (unpaired) electrons. The van der Waals surface area contributed by atoms with Crippen molar-refractivity contribution in [3.05, 3.63) is 0 Å². The van der Waals surface area contributed by atoms with E-state index in [1.54, 1.807) is 14.2 Å². The molecule has 15 heavy (non-hydrogen) atoms. The first kappa shape index (κ1) is 12.9. The Bertz CT molecular complexity index is 185. The predicted octanol–water partition coefficient (Wildman–Crippen LogP) is 1.23. The zero-order valence-electron chi connectivity index (χ0n) is 10.2. The number of hydrogen-bond donors (Lipinski definition) is 0. The summed E-state index contributed by atoms with van der Waals surface area (Å²) < 4.78 is 22.3. The Morgan fingerprint density at radius 1 is 0.933 bits per heavy atom. The van der Waals surface area contributed by atoms with Gasteiger partial charge in [0, 0.05) is 20.8 Å². The summed E-state index contributed by atoms with van der Waals surface area (Å²) in [6, 6.07) is 0. The lowest BCUT2D eigenvalue weighted by Crippen LogP contribution is -2.58. The van der Waals surface area contributed by atoms with E-state index in [9.17, 15) is 0 Å². The van der Waals surface area contributed by atoms with Crippen molar-refractivity contribution in [1.29, 1.82) is 0 Å². The molecular weight excluding hydrogens is 196 g/mol. The molecule has 0 aromatic heterocycles. The highest BCUT2D eigenvalue weighted by Crippen LogP contribution is 2.26. The first-order chi connectivity index (χ1) is 7.15. The minimum absolute atomic E-state index is 0.0339. The van der Waals surface area contributed by atoms with Gasteiger partial charge in [-0.25, -0.2) is 0 Å². The average Bonchev–Trinajstić information content (AvgIpc) is 2.21. The van der Waals surface area contributed by atoms with E-state index >= 15 is 0 Å². The van der Waals surface area contributed by atoms with Crippen molar-refractivity contribution in [2.45, 2.75) is 51.3 Å². The largest absolute Gasteiger partial charge is 0.376 e. The van der Waals surface area contributed by atoms with Gasteiger partial charge in [-0.15, -0.1) is 0 Å². The predicted molar refractivity (Wildman–Crippen MR) is 57.0 cm³/mol. The molecule has 0 amide bonds. The van der Waals surface area contributed by atoms with Crippen LogP contribution in [-0.4, -0.2) is 51.3 Å². The minimum Gasteiger partial charge on any atom is -0.376 e.